The molecule has 1 heterocycles. The second kappa shape index (κ2) is 11.7. The van der Waals surface area contributed by atoms with Gasteiger partial charge in [-0.1, -0.05) is 49.6 Å². The Morgan fingerprint density at radius 1 is 1.00 bits per heavy atom. The summed E-state index contributed by atoms with van der Waals surface area (Å²) in [5.74, 6) is 0. The van der Waals surface area contributed by atoms with Crippen molar-refractivity contribution in [1.82, 2.24) is 9.88 Å². The van der Waals surface area contributed by atoms with Crippen LogP contribution >= 0.6 is 12.4 Å². The van der Waals surface area contributed by atoms with E-state index in [0.717, 1.165) is 32.5 Å². The zero-order valence-electron chi connectivity index (χ0n) is 18.9. The van der Waals surface area contributed by atoms with Gasteiger partial charge < -0.3 is 15.6 Å². The summed E-state index contributed by atoms with van der Waals surface area (Å²) in [5.41, 5.74) is 12.6. The van der Waals surface area contributed by atoms with Gasteiger partial charge in [0.05, 0.1) is 0 Å². The van der Waals surface area contributed by atoms with Crippen molar-refractivity contribution in [1.29, 1.82) is 0 Å². The molecule has 0 spiro atoms. The van der Waals surface area contributed by atoms with Gasteiger partial charge in [0.2, 0.25) is 0 Å². The number of benzene rings is 2. The van der Waals surface area contributed by atoms with Crippen LogP contribution in [0.15, 0.2) is 48.7 Å². The molecule has 168 valence electrons. The van der Waals surface area contributed by atoms with Crippen LogP contribution in [0, 0.1) is 6.92 Å². The number of hydrogen-bond acceptors (Lipinski definition) is 2. The monoisotopic (exact) mass is 439 g/mol. The number of nitrogens with zero attached hydrogens (tertiary/aromatic N) is 1. The van der Waals surface area contributed by atoms with Gasteiger partial charge in [-0.2, -0.15) is 0 Å². The SMILES string of the molecule is Cc1ccccc1-c1ccc2c(c1)c(CCCNCCCN)cn2C1CCCCC1.Cl. The van der Waals surface area contributed by atoms with Gasteiger partial charge in [0.15, 0.2) is 0 Å². The molecule has 4 heteroatoms. The fraction of sp³-hybridized carbons (Fsp3) is 0.481. The first-order chi connectivity index (χ1) is 14.8. The van der Waals surface area contributed by atoms with Crippen molar-refractivity contribution in [3.63, 3.8) is 0 Å². The first kappa shape index (κ1) is 23.8. The van der Waals surface area contributed by atoms with Crippen LogP contribution in [0.3, 0.4) is 0 Å². The predicted octanol–water partition coefficient (Wildman–Crippen LogP) is 6.41. The van der Waals surface area contributed by atoms with Crippen LogP contribution in [0.2, 0.25) is 0 Å². The molecule has 0 amide bonds. The number of aromatic nitrogens is 1. The number of rotatable bonds is 9. The van der Waals surface area contributed by atoms with E-state index in [4.69, 9.17) is 5.73 Å². The second-order valence-electron chi connectivity index (χ2n) is 8.90. The van der Waals surface area contributed by atoms with Crippen molar-refractivity contribution in [2.45, 2.75) is 64.3 Å². The highest BCUT2D eigenvalue weighted by Gasteiger charge is 2.19. The number of nitrogens with two attached hydrogens (primary N) is 1. The number of halogens is 1. The van der Waals surface area contributed by atoms with Gasteiger partial charge in [-0.25, -0.2) is 0 Å². The normalized spacial score (nSPS) is 14.6. The van der Waals surface area contributed by atoms with Gasteiger partial charge in [0.25, 0.3) is 0 Å². The lowest BCUT2D eigenvalue weighted by molar-refractivity contribution is 0.360. The molecule has 3 nitrogen and oxygen atoms in total. The molecule has 0 atom stereocenters. The lowest BCUT2D eigenvalue weighted by atomic mass is 9.95. The van der Waals surface area contributed by atoms with E-state index in [0.29, 0.717) is 6.04 Å². The Bertz CT molecular complexity index is 956. The third-order valence-corrected chi connectivity index (χ3v) is 6.70. The predicted molar refractivity (Wildman–Crippen MR) is 136 cm³/mol. The fourth-order valence-electron chi connectivity index (χ4n) is 5.01. The summed E-state index contributed by atoms with van der Waals surface area (Å²) >= 11 is 0. The van der Waals surface area contributed by atoms with E-state index in [1.165, 1.54) is 71.7 Å². The minimum Gasteiger partial charge on any atom is -0.344 e. The fourth-order valence-corrected chi connectivity index (χ4v) is 5.01. The smallest absolute Gasteiger partial charge is 0.0486 e. The standard InChI is InChI=1S/C27H37N3.ClH/c1-21-9-5-6-13-25(21)22-14-15-27-26(19-22)23(10-7-17-29-18-8-16-28)20-30(27)24-11-3-2-4-12-24;/h5-6,9,13-15,19-20,24,29H,2-4,7-8,10-12,16-18,28H2,1H3;1H. The second-order valence-corrected chi connectivity index (χ2v) is 8.90. The number of fused-ring (bicyclic) bond motifs is 1. The van der Waals surface area contributed by atoms with Crippen molar-refractivity contribution in [3.05, 3.63) is 59.8 Å². The van der Waals surface area contributed by atoms with Crippen molar-refractivity contribution in [3.8, 4) is 11.1 Å². The third kappa shape index (κ3) is 5.71. The lowest BCUT2D eigenvalue weighted by Gasteiger charge is -2.24. The summed E-state index contributed by atoms with van der Waals surface area (Å²) < 4.78 is 2.60. The van der Waals surface area contributed by atoms with Gasteiger partial charge in [0, 0.05) is 23.1 Å². The highest BCUT2D eigenvalue weighted by molar-refractivity contribution is 5.89. The van der Waals surface area contributed by atoms with E-state index in [1.54, 1.807) is 0 Å². The molecule has 1 aliphatic rings. The molecule has 31 heavy (non-hydrogen) atoms. The molecule has 0 saturated heterocycles. The molecule has 3 aromatic rings. The summed E-state index contributed by atoms with van der Waals surface area (Å²) in [6.45, 7) is 5.07. The summed E-state index contributed by atoms with van der Waals surface area (Å²) in [6, 6.07) is 16.5. The Kier molecular flexibility index (Phi) is 9.01. The molecule has 3 N–H and O–H groups in total. The third-order valence-electron chi connectivity index (χ3n) is 6.70. The van der Waals surface area contributed by atoms with Crippen molar-refractivity contribution < 1.29 is 0 Å². The maximum Gasteiger partial charge on any atom is 0.0486 e. The van der Waals surface area contributed by atoms with Crippen LogP contribution in [0.25, 0.3) is 22.0 Å². The van der Waals surface area contributed by atoms with Gasteiger partial charge >= 0.3 is 0 Å². The van der Waals surface area contributed by atoms with E-state index in [9.17, 15) is 0 Å². The largest absolute Gasteiger partial charge is 0.344 e. The molecule has 0 bridgehead atoms. The van der Waals surface area contributed by atoms with Gasteiger partial charge in [-0.05, 0) is 93.0 Å². The van der Waals surface area contributed by atoms with Crippen LogP contribution in [-0.4, -0.2) is 24.2 Å². The lowest BCUT2D eigenvalue weighted by Crippen LogP contribution is -2.19. The van der Waals surface area contributed by atoms with Crippen LogP contribution in [0.1, 0.15) is 62.1 Å². The van der Waals surface area contributed by atoms with E-state index >= 15 is 0 Å². The van der Waals surface area contributed by atoms with Gasteiger partial charge in [-0.3, -0.25) is 0 Å². The molecule has 0 unspecified atom stereocenters. The Morgan fingerprint density at radius 3 is 2.55 bits per heavy atom. The van der Waals surface area contributed by atoms with Crippen LogP contribution in [0.5, 0.6) is 0 Å². The van der Waals surface area contributed by atoms with Gasteiger partial charge in [0.1, 0.15) is 0 Å². The van der Waals surface area contributed by atoms with E-state index < -0.39 is 0 Å². The van der Waals surface area contributed by atoms with E-state index in [-0.39, 0.29) is 12.4 Å². The minimum absolute atomic E-state index is 0. The minimum atomic E-state index is 0. The number of aryl methyl sites for hydroxylation is 2. The quantitative estimate of drug-likeness (QED) is 0.378. The molecule has 4 rings (SSSR count). The molecular weight excluding hydrogens is 402 g/mol. The van der Waals surface area contributed by atoms with Crippen molar-refractivity contribution in [2.75, 3.05) is 19.6 Å². The molecule has 1 aromatic heterocycles. The summed E-state index contributed by atoms with van der Waals surface area (Å²) in [6.07, 6.45) is 12.6. The van der Waals surface area contributed by atoms with Crippen molar-refractivity contribution >= 4 is 23.3 Å². The Morgan fingerprint density at radius 2 is 1.77 bits per heavy atom. The Labute approximate surface area is 193 Å². The molecule has 1 aliphatic carbocycles. The maximum absolute atomic E-state index is 5.60. The van der Waals surface area contributed by atoms with Crippen LogP contribution in [-0.2, 0) is 6.42 Å². The molecule has 0 radical (unpaired) electrons. The Balaban J connectivity index is 0.00000272. The molecule has 0 aliphatic heterocycles. The van der Waals surface area contributed by atoms with Crippen LogP contribution < -0.4 is 11.1 Å². The van der Waals surface area contributed by atoms with Gasteiger partial charge in [-0.15, -0.1) is 12.4 Å². The van der Waals surface area contributed by atoms with Crippen LogP contribution in [0.4, 0.5) is 0 Å². The average Bonchev–Trinajstić information content (AvgIpc) is 3.15. The zero-order valence-corrected chi connectivity index (χ0v) is 19.7. The molecular formula is C27H38ClN3. The molecule has 2 aromatic carbocycles. The average molecular weight is 440 g/mol. The van der Waals surface area contributed by atoms with E-state index in [1.807, 2.05) is 0 Å². The molecule has 1 saturated carbocycles. The first-order valence-corrected chi connectivity index (χ1v) is 11.9. The van der Waals surface area contributed by atoms with E-state index in [2.05, 4.69) is 65.5 Å². The summed E-state index contributed by atoms with van der Waals surface area (Å²) in [7, 11) is 0. The highest BCUT2D eigenvalue weighted by Crippen LogP contribution is 2.36. The first-order valence-electron chi connectivity index (χ1n) is 11.9. The van der Waals surface area contributed by atoms with Crippen molar-refractivity contribution in [2.24, 2.45) is 5.73 Å². The number of hydrogen-bond donors (Lipinski definition) is 2. The number of nitrogens with one attached hydrogen (secondary N) is 1. The maximum atomic E-state index is 5.60. The molecule has 1 fully saturated rings. The summed E-state index contributed by atoms with van der Waals surface area (Å²) in [4.78, 5) is 0. The Hall–Kier alpha value is -1.81. The summed E-state index contributed by atoms with van der Waals surface area (Å²) in [5, 5.41) is 4.98. The topological polar surface area (TPSA) is 43.0 Å². The zero-order chi connectivity index (χ0) is 20.8. The highest BCUT2D eigenvalue weighted by atomic mass is 35.5.